The standard InChI is InChI=1S/C26H22ClFN6O3S/c27-18-2-1-3-21(16-18)38(35,36)33-12-9-20(10-13-33)30-25-29-11-8-22(31-25)24-23(17-4-6-19(28)7-5-17)32-26-34(24)14-15-37-26/h1-8,11,14-16,20H,9-10,12-13H2,(H,29,30,31). The number of hydrogen-bond acceptors (Lipinski definition) is 7. The molecule has 2 aromatic carbocycles. The molecule has 4 heterocycles. The van der Waals surface area contributed by atoms with E-state index < -0.39 is 10.0 Å². The molecule has 1 aliphatic heterocycles. The van der Waals surface area contributed by atoms with E-state index in [0.717, 1.165) is 5.56 Å². The Labute approximate surface area is 223 Å². The van der Waals surface area contributed by atoms with Crippen molar-refractivity contribution in [3.8, 4) is 22.6 Å². The third-order valence-electron chi connectivity index (χ3n) is 6.50. The first-order chi connectivity index (χ1) is 18.4. The van der Waals surface area contributed by atoms with Crippen LogP contribution < -0.4 is 5.32 Å². The summed E-state index contributed by atoms with van der Waals surface area (Å²) in [6.45, 7) is 0.721. The molecule has 1 fully saturated rings. The van der Waals surface area contributed by atoms with Crippen molar-refractivity contribution in [2.45, 2.75) is 23.8 Å². The van der Waals surface area contributed by atoms with Gasteiger partial charge in [-0.1, -0.05) is 17.7 Å². The maximum Gasteiger partial charge on any atom is 0.306 e. The summed E-state index contributed by atoms with van der Waals surface area (Å²) in [6.07, 6.45) is 6.11. The maximum absolute atomic E-state index is 13.5. The number of benzene rings is 2. The van der Waals surface area contributed by atoms with Crippen molar-refractivity contribution in [3.63, 3.8) is 0 Å². The number of imidazole rings is 1. The van der Waals surface area contributed by atoms with Gasteiger partial charge in [0.2, 0.25) is 16.0 Å². The van der Waals surface area contributed by atoms with Gasteiger partial charge in [0.1, 0.15) is 23.5 Å². The molecular weight excluding hydrogens is 531 g/mol. The third kappa shape index (κ3) is 4.64. The van der Waals surface area contributed by atoms with Crippen LogP contribution in [0.15, 0.2) is 82.6 Å². The Balaban J connectivity index is 1.21. The van der Waals surface area contributed by atoms with Crippen molar-refractivity contribution in [2.24, 2.45) is 0 Å². The van der Waals surface area contributed by atoms with E-state index in [4.69, 9.17) is 21.0 Å². The summed E-state index contributed by atoms with van der Waals surface area (Å²) in [5, 5.41) is 3.73. The van der Waals surface area contributed by atoms with E-state index in [0.29, 0.717) is 59.8 Å². The Hall–Kier alpha value is -3.80. The Morgan fingerprint density at radius 2 is 1.84 bits per heavy atom. The van der Waals surface area contributed by atoms with Crippen LogP contribution in [0.1, 0.15) is 12.8 Å². The van der Waals surface area contributed by atoms with E-state index in [9.17, 15) is 12.8 Å². The second-order valence-corrected chi connectivity index (χ2v) is 11.3. The van der Waals surface area contributed by atoms with Crippen LogP contribution in [0, 0.1) is 5.82 Å². The van der Waals surface area contributed by atoms with Gasteiger partial charge in [0.05, 0.1) is 10.6 Å². The molecule has 1 saturated heterocycles. The van der Waals surface area contributed by atoms with E-state index in [2.05, 4.69) is 15.3 Å². The molecular formula is C26H22ClFN6O3S. The van der Waals surface area contributed by atoms with Crippen LogP contribution in [0.5, 0.6) is 0 Å². The molecule has 1 N–H and O–H groups in total. The Morgan fingerprint density at radius 3 is 2.61 bits per heavy atom. The van der Waals surface area contributed by atoms with E-state index in [1.54, 1.807) is 53.2 Å². The summed E-state index contributed by atoms with van der Waals surface area (Å²) in [7, 11) is -3.62. The number of rotatable bonds is 6. The predicted molar refractivity (Wildman–Crippen MR) is 141 cm³/mol. The van der Waals surface area contributed by atoms with Gasteiger partial charge in [-0.3, -0.25) is 4.40 Å². The summed E-state index contributed by atoms with van der Waals surface area (Å²) >= 11 is 6.00. The van der Waals surface area contributed by atoms with E-state index in [1.807, 2.05) is 0 Å². The first kappa shape index (κ1) is 24.5. The molecule has 0 spiro atoms. The quantitative estimate of drug-likeness (QED) is 0.312. The predicted octanol–water partition coefficient (Wildman–Crippen LogP) is 5.11. The highest BCUT2D eigenvalue weighted by Gasteiger charge is 2.30. The van der Waals surface area contributed by atoms with Crippen molar-refractivity contribution in [1.82, 2.24) is 23.7 Å². The normalized spacial score (nSPS) is 15.2. The van der Waals surface area contributed by atoms with Gasteiger partial charge in [-0.25, -0.2) is 22.8 Å². The van der Waals surface area contributed by atoms with E-state index in [1.165, 1.54) is 28.8 Å². The van der Waals surface area contributed by atoms with Crippen LogP contribution in [-0.4, -0.2) is 51.2 Å². The van der Waals surface area contributed by atoms with Crippen molar-refractivity contribution in [1.29, 1.82) is 0 Å². The summed E-state index contributed by atoms with van der Waals surface area (Å²) < 4.78 is 48.3. The van der Waals surface area contributed by atoms with Gasteiger partial charge in [-0.05, 0) is 61.4 Å². The Kier molecular flexibility index (Phi) is 6.34. The molecule has 0 bridgehead atoms. The van der Waals surface area contributed by atoms with Crippen molar-refractivity contribution >= 4 is 33.4 Å². The summed E-state index contributed by atoms with van der Waals surface area (Å²) in [5.41, 5.74) is 2.63. The lowest BCUT2D eigenvalue weighted by atomic mass is 10.1. The molecule has 0 aliphatic carbocycles. The van der Waals surface area contributed by atoms with Gasteiger partial charge < -0.3 is 9.73 Å². The molecule has 0 unspecified atom stereocenters. The molecule has 3 aromatic heterocycles. The number of sulfonamides is 1. The number of hydrogen-bond donors (Lipinski definition) is 1. The van der Waals surface area contributed by atoms with Gasteiger partial charge in [0, 0.05) is 42.1 Å². The van der Waals surface area contributed by atoms with Gasteiger partial charge >= 0.3 is 5.84 Å². The van der Waals surface area contributed by atoms with Crippen molar-refractivity contribution < 1.29 is 17.2 Å². The summed E-state index contributed by atoms with van der Waals surface area (Å²) in [6, 6.07) is 14.1. The minimum Gasteiger partial charge on any atom is -0.432 e. The van der Waals surface area contributed by atoms with E-state index in [-0.39, 0.29) is 16.8 Å². The third-order valence-corrected chi connectivity index (χ3v) is 8.63. The number of fused-ring (bicyclic) bond motifs is 1. The number of aromatic nitrogens is 4. The second kappa shape index (κ2) is 9.82. The minimum atomic E-state index is -3.62. The van der Waals surface area contributed by atoms with Crippen LogP contribution in [0.2, 0.25) is 5.02 Å². The molecule has 194 valence electrons. The van der Waals surface area contributed by atoms with Crippen molar-refractivity contribution in [3.05, 3.63) is 84.1 Å². The zero-order valence-electron chi connectivity index (χ0n) is 20.0. The smallest absolute Gasteiger partial charge is 0.306 e. The molecule has 12 heteroatoms. The number of nitrogens with one attached hydrogen (secondary N) is 1. The fourth-order valence-electron chi connectivity index (χ4n) is 4.60. The fraction of sp³-hybridized carbons (Fsp3) is 0.192. The molecule has 38 heavy (non-hydrogen) atoms. The molecule has 0 amide bonds. The second-order valence-electron chi connectivity index (χ2n) is 8.92. The number of piperidine rings is 1. The molecule has 6 rings (SSSR count). The molecule has 0 atom stereocenters. The molecule has 9 nitrogen and oxygen atoms in total. The molecule has 1 aliphatic rings. The highest BCUT2D eigenvalue weighted by molar-refractivity contribution is 7.89. The van der Waals surface area contributed by atoms with Gasteiger partial charge in [0.25, 0.3) is 0 Å². The number of oxazole rings is 1. The fourth-order valence-corrected chi connectivity index (χ4v) is 6.37. The molecule has 5 aromatic rings. The zero-order valence-corrected chi connectivity index (χ0v) is 21.5. The van der Waals surface area contributed by atoms with Gasteiger partial charge in [0.15, 0.2) is 0 Å². The molecule has 0 saturated carbocycles. The SMILES string of the molecule is O=S(=O)(c1cccc(Cl)c1)N1CCC(Nc2nccc(-c3c(-c4ccc(F)cc4)nc4occn34)n2)CC1. The highest BCUT2D eigenvalue weighted by atomic mass is 35.5. The Bertz CT molecular complexity index is 1710. The monoisotopic (exact) mass is 552 g/mol. The lowest BCUT2D eigenvalue weighted by molar-refractivity contribution is 0.329. The van der Waals surface area contributed by atoms with Crippen LogP contribution in [0.4, 0.5) is 10.3 Å². The first-order valence-corrected chi connectivity index (χ1v) is 13.8. The number of anilines is 1. The van der Waals surface area contributed by atoms with Crippen molar-refractivity contribution in [2.75, 3.05) is 18.4 Å². The van der Waals surface area contributed by atoms with Crippen LogP contribution in [-0.2, 0) is 10.0 Å². The summed E-state index contributed by atoms with van der Waals surface area (Å²) in [4.78, 5) is 13.9. The lowest BCUT2D eigenvalue weighted by Crippen LogP contribution is -2.42. The largest absolute Gasteiger partial charge is 0.432 e. The van der Waals surface area contributed by atoms with Crippen LogP contribution in [0.25, 0.3) is 28.5 Å². The number of nitrogens with zero attached hydrogens (tertiary/aromatic N) is 5. The van der Waals surface area contributed by atoms with Gasteiger partial charge in [-0.15, -0.1) is 0 Å². The first-order valence-electron chi connectivity index (χ1n) is 12.0. The topological polar surface area (TPSA) is 106 Å². The van der Waals surface area contributed by atoms with Crippen LogP contribution in [0.3, 0.4) is 0 Å². The van der Waals surface area contributed by atoms with E-state index >= 15 is 0 Å². The number of halogens is 2. The average molecular weight is 553 g/mol. The average Bonchev–Trinajstić information content (AvgIpc) is 3.51. The van der Waals surface area contributed by atoms with Crippen LogP contribution >= 0.6 is 11.6 Å². The lowest BCUT2D eigenvalue weighted by Gasteiger charge is -2.31. The Morgan fingerprint density at radius 1 is 1.05 bits per heavy atom. The zero-order chi connectivity index (χ0) is 26.3. The highest BCUT2D eigenvalue weighted by Crippen LogP contribution is 2.33. The van der Waals surface area contributed by atoms with Gasteiger partial charge in [-0.2, -0.15) is 9.29 Å². The maximum atomic E-state index is 13.5. The minimum absolute atomic E-state index is 0.00739. The molecule has 0 radical (unpaired) electrons. The summed E-state index contributed by atoms with van der Waals surface area (Å²) in [5.74, 6) is 0.473.